The third kappa shape index (κ3) is 2.75. The zero-order chi connectivity index (χ0) is 18.6. The maximum atomic E-state index is 12.7. The van der Waals surface area contributed by atoms with E-state index in [-0.39, 0.29) is 23.1 Å². The summed E-state index contributed by atoms with van der Waals surface area (Å²) in [5.41, 5.74) is 2.16. The summed E-state index contributed by atoms with van der Waals surface area (Å²) < 4.78 is 38.2. The SMILES string of the molecule is CN1C(=O)c2ccccc2N2[NH2+]N(c3ccc(C(F)(F)F)cc3)C(O)=C12.[OH-]. The van der Waals surface area contributed by atoms with Crippen LogP contribution >= 0.6 is 0 Å². The van der Waals surface area contributed by atoms with E-state index in [9.17, 15) is 23.1 Å². The van der Waals surface area contributed by atoms with Crippen LogP contribution in [0, 0.1) is 0 Å². The van der Waals surface area contributed by atoms with Crippen molar-refractivity contribution in [3.8, 4) is 0 Å². The monoisotopic (exact) mass is 380 g/mol. The molecule has 0 spiro atoms. The van der Waals surface area contributed by atoms with Crippen molar-refractivity contribution in [3.63, 3.8) is 0 Å². The highest BCUT2D eigenvalue weighted by molar-refractivity contribution is 6.03. The molecule has 1 amide bonds. The minimum absolute atomic E-state index is 0. The molecule has 0 radical (unpaired) electrons. The van der Waals surface area contributed by atoms with Crippen molar-refractivity contribution >= 4 is 17.3 Å². The Balaban J connectivity index is 0.00000210. The van der Waals surface area contributed by atoms with E-state index in [0.29, 0.717) is 16.9 Å². The van der Waals surface area contributed by atoms with Crippen LogP contribution in [0.15, 0.2) is 60.2 Å². The van der Waals surface area contributed by atoms with Gasteiger partial charge in [-0.3, -0.25) is 9.69 Å². The van der Waals surface area contributed by atoms with Gasteiger partial charge in [-0.1, -0.05) is 12.1 Å². The van der Waals surface area contributed by atoms with Gasteiger partial charge in [-0.15, -0.1) is 15.6 Å². The van der Waals surface area contributed by atoms with E-state index in [1.54, 1.807) is 29.3 Å². The number of hydrogen-bond acceptors (Lipinski definition) is 5. The fraction of sp³-hybridized carbons (Fsp3) is 0.118. The standard InChI is InChI=1S/C17H13F3N4O2.H2O/c1-22-14-16(26)23(11-8-6-10(7-9-11)17(18,19)20)21-24(14)13-5-3-2-4-12(13)15(22)25;/h2-9,21,26H,1H3;1H2. The third-order valence-electron chi connectivity index (χ3n) is 4.38. The van der Waals surface area contributed by atoms with Crippen molar-refractivity contribution in [2.45, 2.75) is 6.18 Å². The smallest absolute Gasteiger partial charge is 0.416 e. The number of aliphatic hydroxyl groups is 1. The molecule has 0 aliphatic carbocycles. The van der Waals surface area contributed by atoms with E-state index in [0.717, 1.165) is 12.1 Å². The maximum absolute atomic E-state index is 12.7. The van der Waals surface area contributed by atoms with Crippen LogP contribution in [0.5, 0.6) is 0 Å². The second kappa shape index (κ2) is 6.18. The number of fused-ring (bicyclic) bond motifs is 3. The molecule has 142 valence electrons. The Morgan fingerprint density at radius 2 is 1.63 bits per heavy atom. The van der Waals surface area contributed by atoms with Crippen molar-refractivity contribution < 1.29 is 34.1 Å². The summed E-state index contributed by atoms with van der Waals surface area (Å²) in [6, 6.07) is 11.3. The number of amides is 1. The number of para-hydroxylation sites is 1. The topological polar surface area (TPSA) is 93.6 Å². The highest BCUT2D eigenvalue weighted by atomic mass is 19.4. The molecule has 10 heteroatoms. The lowest BCUT2D eigenvalue weighted by atomic mass is 10.1. The Morgan fingerprint density at radius 3 is 2.26 bits per heavy atom. The molecule has 2 aliphatic heterocycles. The normalized spacial score (nSPS) is 16.3. The van der Waals surface area contributed by atoms with E-state index >= 15 is 0 Å². The van der Waals surface area contributed by atoms with Crippen LogP contribution in [0.25, 0.3) is 0 Å². The van der Waals surface area contributed by atoms with Crippen LogP contribution in [0.1, 0.15) is 15.9 Å². The Hall–Kier alpha value is -3.24. The first kappa shape index (κ1) is 18.5. The summed E-state index contributed by atoms with van der Waals surface area (Å²) in [7, 11) is 1.53. The van der Waals surface area contributed by atoms with Crippen LogP contribution in [0.2, 0.25) is 0 Å². The summed E-state index contributed by atoms with van der Waals surface area (Å²) in [5, 5.41) is 13.6. The van der Waals surface area contributed by atoms with Gasteiger partial charge in [-0.2, -0.15) is 13.2 Å². The zero-order valence-electron chi connectivity index (χ0n) is 14.0. The summed E-state index contributed by atoms with van der Waals surface area (Å²) in [6.07, 6.45) is -4.43. The number of nitrogens with two attached hydrogens (primary N) is 1. The Kier molecular flexibility index (Phi) is 4.25. The minimum Gasteiger partial charge on any atom is -0.870 e. The van der Waals surface area contributed by atoms with Crippen LogP contribution in [-0.2, 0) is 6.18 Å². The van der Waals surface area contributed by atoms with Crippen LogP contribution in [0.3, 0.4) is 0 Å². The fourth-order valence-electron chi connectivity index (χ4n) is 3.07. The van der Waals surface area contributed by atoms with E-state index in [1.165, 1.54) is 34.6 Å². The molecule has 27 heavy (non-hydrogen) atoms. The lowest BCUT2D eigenvalue weighted by Gasteiger charge is -2.30. The van der Waals surface area contributed by atoms with Gasteiger partial charge in [0, 0.05) is 7.05 Å². The number of aliphatic hydroxyl groups excluding tert-OH is 1. The van der Waals surface area contributed by atoms with Crippen LogP contribution < -0.4 is 15.6 Å². The van der Waals surface area contributed by atoms with Gasteiger partial charge < -0.3 is 10.6 Å². The van der Waals surface area contributed by atoms with Crippen molar-refractivity contribution in [2.24, 2.45) is 0 Å². The number of carbonyl (C=O) groups is 1. The lowest BCUT2D eigenvalue weighted by Crippen LogP contribution is -3.00. The number of alkyl halides is 3. The number of hydrogen-bond donors (Lipinski definition) is 2. The van der Waals surface area contributed by atoms with Gasteiger partial charge in [0.1, 0.15) is 11.4 Å². The summed E-state index contributed by atoms with van der Waals surface area (Å²) >= 11 is 0. The second-order valence-corrected chi connectivity index (χ2v) is 5.93. The minimum atomic E-state index is -4.43. The van der Waals surface area contributed by atoms with Gasteiger partial charge in [0.2, 0.25) is 5.82 Å². The molecule has 4 rings (SSSR count). The van der Waals surface area contributed by atoms with E-state index in [1.807, 2.05) is 0 Å². The molecule has 0 saturated carbocycles. The van der Waals surface area contributed by atoms with E-state index < -0.39 is 11.7 Å². The maximum Gasteiger partial charge on any atom is 0.416 e. The molecule has 2 aromatic rings. The molecule has 2 aliphatic rings. The Labute approximate surface area is 151 Å². The van der Waals surface area contributed by atoms with Crippen molar-refractivity contribution in [2.75, 3.05) is 17.1 Å². The Bertz CT molecular complexity index is 928. The van der Waals surface area contributed by atoms with Crippen LogP contribution in [-0.4, -0.2) is 28.4 Å². The van der Waals surface area contributed by atoms with Gasteiger partial charge in [0.15, 0.2) is 0 Å². The predicted octanol–water partition coefficient (Wildman–Crippen LogP) is 2.02. The lowest BCUT2D eigenvalue weighted by molar-refractivity contribution is -0.662. The molecule has 0 bridgehead atoms. The number of halogens is 3. The molecule has 2 heterocycles. The number of carbonyl (C=O) groups excluding carboxylic acids is 1. The Morgan fingerprint density at radius 1 is 1.00 bits per heavy atom. The summed E-state index contributed by atoms with van der Waals surface area (Å²) in [5.74, 6) is -0.273. The van der Waals surface area contributed by atoms with Crippen molar-refractivity contribution in [1.29, 1.82) is 0 Å². The van der Waals surface area contributed by atoms with E-state index in [2.05, 4.69) is 0 Å². The fourth-order valence-corrected chi connectivity index (χ4v) is 3.07. The predicted molar refractivity (Wildman–Crippen MR) is 88.5 cm³/mol. The zero-order valence-corrected chi connectivity index (χ0v) is 14.0. The van der Waals surface area contributed by atoms with Gasteiger partial charge in [-0.25, -0.2) is 0 Å². The number of rotatable bonds is 1. The summed E-state index contributed by atoms with van der Waals surface area (Å²) in [4.78, 5) is 13.8. The average molecular weight is 380 g/mol. The van der Waals surface area contributed by atoms with Gasteiger partial charge in [-0.05, 0) is 36.4 Å². The number of anilines is 2. The number of nitrogens with zero attached hydrogens (tertiary/aromatic N) is 3. The molecule has 4 N–H and O–H groups in total. The van der Waals surface area contributed by atoms with Crippen molar-refractivity contribution in [3.05, 3.63) is 71.4 Å². The van der Waals surface area contributed by atoms with Gasteiger partial charge >= 0.3 is 6.18 Å². The molecule has 0 fully saturated rings. The molecule has 2 aromatic carbocycles. The first-order valence-corrected chi connectivity index (χ1v) is 7.70. The largest absolute Gasteiger partial charge is 0.870 e. The summed E-state index contributed by atoms with van der Waals surface area (Å²) in [6.45, 7) is 0. The molecule has 0 unspecified atom stereocenters. The first-order valence-electron chi connectivity index (χ1n) is 7.70. The first-order chi connectivity index (χ1) is 12.3. The molecule has 0 atom stereocenters. The van der Waals surface area contributed by atoms with Crippen molar-refractivity contribution in [1.82, 2.24) is 4.90 Å². The average Bonchev–Trinajstić information content (AvgIpc) is 2.97. The second-order valence-electron chi connectivity index (χ2n) is 5.93. The van der Waals surface area contributed by atoms with E-state index in [4.69, 9.17) is 0 Å². The quantitative estimate of drug-likeness (QED) is 0.739. The van der Waals surface area contributed by atoms with Gasteiger partial charge in [0.25, 0.3) is 11.8 Å². The van der Waals surface area contributed by atoms with Crippen LogP contribution in [0.4, 0.5) is 24.5 Å². The molecule has 0 saturated heterocycles. The van der Waals surface area contributed by atoms with Gasteiger partial charge in [0.05, 0.1) is 11.1 Å². The highest BCUT2D eigenvalue weighted by Crippen LogP contribution is 2.35. The number of quaternary nitrogens is 1. The molecule has 7 nitrogen and oxygen atoms in total. The highest BCUT2D eigenvalue weighted by Gasteiger charge is 2.45. The number of benzene rings is 2. The molecular formula is C17H15F3N4O3. The molecule has 0 aromatic heterocycles. The molecular weight excluding hydrogens is 365 g/mol. The third-order valence-corrected chi connectivity index (χ3v) is 4.38.